The lowest BCUT2D eigenvalue weighted by Crippen LogP contribution is -2.23. The topological polar surface area (TPSA) is 79.0 Å². The monoisotopic (exact) mass is 233 g/mol. The molecular weight excluding hydrogens is 218 g/mol. The van der Waals surface area contributed by atoms with Crippen LogP contribution in [0.1, 0.15) is 25.5 Å². The highest BCUT2D eigenvalue weighted by molar-refractivity contribution is 5.35. The SMILES string of the molecule is CC(C#N)CNC(C)c1cccc([N+](=O)[O-])c1. The zero-order chi connectivity index (χ0) is 12.8. The Labute approximate surface area is 100 Å². The van der Waals surface area contributed by atoms with Crippen molar-refractivity contribution in [2.75, 3.05) is 6.54 Å². The van der Waals surface area contributed by atoms with Crippen molar-refractivity contribution in [1.29, 1.82) is 5.26 Å². The quantitative estimate of drug-likeness (QED) is 0.625. The molecule has 0 aliphatic rings. The maximum atomic E-state index is 10.6. The zero-order valence-electron chi connectivity index (χ0n) is 9.88. The van der Waals surface area contributed by atoms with E-state index in [1.165, 1.54) is 6.07 Å². The number of nitriles is 1. The summed E-state index contributed by atoms with van der Waals surface area (Å²) in [5.74, 6) is -0.0730. The first-order chi connectivity index (χ1) is 8.04. The van der Waals surface area contributed by atoms with Crippen molar-refractivity contribution in [2.45, 2.75) is 19.9 Å². The van der Waals surface area contributed by atoms with E-state index in [2.05, 4.69) is 11.4 Å². The molecule has 5 heteroatoms. The van der Waals surface area contributed by atoms with Crippen LogP contribution >= 0.6 is 0 Å². The van der Waals surface area contributed by atoms with E-state index in [1.807, 2.05) is 19.9 Å². The van der Waals surface area contributed by atoms with Crippen molar-refractivity contribution < 1.29 is 4.92 Å². The summed E-state index contributed by atoms with van der Waals surface area (Å²) in [6, 6.07) is 8.64. The van der Waals surface area contributed by atoms with Crippen molar-refractivity contribution in [2.24, 2.45) is 5.92 Å². The smallest absolute Gasteiger partial charge is 0.269 e. The molecule has 0 aliphatic carbocycles. The number of rotatable bonds is 5. The van der Waals surface area contributed by atoms with Crippen LogP contribution in [0.25, 0.3) is 0 Å². The van der Waals surface area contributed by atoms with Crippen LogP contribution in [-0.4, -0.2) is 11.5 Å². The van der Waals surface area contributed by atoms with Gasteiger partial charge in [-0.2, -0.15) is 5.26 Å². The molecular formula is C12H15N3O2. The predicted octanol–water partition coefficient (Wildman–Crippen LogP) is 2.41. The Kier molecular flexibility index (Phi) is 4.61. The summed E-state index contributed by atoms with van der Waals surface area (Å²) in [4.78, 5) is 10.2. The largest absolute Gasteiger partial charge is 0.309 e. The number of non-ortho nitro benzene ring substituents is 1. The van der Waals surface area contributed by atoms with Gasteiger partial charge in [0.2, 0.25) is 0 Å². The van der Waals surface area contributed by atoms with Crippen molar-refractivity contribution in [1.82, 2.24) is 5.32 Å². The van der Waals surface area contributed by atoms with Crippen molar-refractivity contribution in [3.63, 3.8) is 0 Å². The van der Waals surface area contributed by atoms with Gasteiger partial charge < -0.3 is 5.32 Å². The van der Waals surface area contributed by atoms with E-state index in [0.717, 1.165) is 5.56 Å². The minimum absolute atomic E-state index is 0.00861. The Morgan fingerprint density at radius 2 is 2.24 bits per heavy atom. The first-order valence-electron chi connectivity index (χ1n) is 5.42. The fourth-order valence-corrected chi connectivity index (χ4v) is 1.42. The van der Waals surface area contributed by atoms with Crippen molar-refractivity contribution in [3.05, 3.63) is 39.9 Å². The molecule has 0 spiro atoms. The number of benzene rings is 1. The normalized spacial score (nSPS) is 13.7. The molecule has 0 saturated heterocycles. The van der Waals surface area contributed by atoms with Crippen molar-refractivity contribution >= 4 is 5.69 Å². The van der Waals surface area contributed by atoms with E-state index in [0.29, 0.717) is 6.54 Å². The zero-order valence-corrected chi connectivity index (χ0v) is 9.88. The Morgan fingerprint density at radius 3 is 2.82 bits per heavy atom. The minimum Gasteiger partial charge on any atom is -0.309 e. The highest BCUT2D eigenvalue weighted by Crippen LogP contribution is 2.18. The Morgan fingerprint density at radius 1 is 1.53 bits per heavy atom. The Bertz CT molecular complexity index is 440. The second kappa shape index (κ2) is 5.97. The molecule has 0 amide bonds. The molecule has 90 valence electrons. The van der Waals surface area contributed by atoms with Crippen LogP contribution in [0.15, 0.2) is 24.3 Å². The van der Waals surface area contributed by atoms with Gasteiger partial charge in [0, 0.05) is 24.7 Å². The average Bonchev–Trinajstić information content (AvgIpc) is 2.35. The summed E-state index contributed by atoms with van der Waals surface area (Å²) in [6.45, 7) is 4.32. The van der Waals surface area contributed by atoms with Gasteiger partial charge in [0.15, 0.2) is 0 Å². The Balaban J connectivity index is 2.69. The predicted molar refractivity (Wildman–Crippen MR) is 64.3 cm³/mol. The van der Waals surface area contributed by atoms with E-state index in [1.54, 1.807) is 12.1 Å². The van der Waals surface area contributed by atoms with Gasteiger partial charge in [0.1, 0.15) is 0 Å². The third kappa shape index (κ3) is 3.85. The van der Waals surface area contributed by atoms with E-state index in [9.17, 15) is 10.1 Å². The van der Waals surface area contributed by atoms with Crippen LogP contribution in [0.5, 0.6) is 0 Å². The standard InChI is InChI=1S/C12H15N3O2/c1-9(7-13)8-14-10(2)11-4-3-5-12(6-11)15(16)17/h3-6,9-10,14H,8H2,1-2H3. The van der Waals surface area contributed by atoms with Gasteiger partial charge in [-0.1, -0.05) is 12.1 Å². The molecule has 0 saturated carbocycles. The summed E-state index contributed by atoms with van der Waals surface area (Å²) in [5, 5.41) is 22.5. The lowest BCUT2D eigenvalue weighted by Gasteiger charge is -2.14. The molecule has 1 aromatic rings. The molecule has 5 nitrogen and oxygen atoms in total. The molecule has 0 radical (unpaired) electrons. The molecule has 2 unspecified atom stereocenters. The first-order valence-corrected chi connectivity index (χ1v) is 5.42. The number of hydrogen-bond acceptors (Lipinski definition) is 4. The van der Waals surface area contributed by atoms with E-state index in [-0.39, 0.29) is 17.6 Å². The van der Waals surface area contributed by atoms with Crippen LogP contribution in [0.4, 0.5) is 5.69 Å². The van der Waals surface area contributed by atoms with Crippen LogP contribution < -0.4 is 5.32 Å². The lowest BCUT2D eigenvalue weighted by molar-refractivity contribution is -0.384. The maximum absolute atomic E-state index is 10.6. The number of hydrogen-bond donors (Lipinski definition) is 1. The summed E-state index contributed by atoms with van der Waals surface area (Å²) in [7, 11) is 0. The van der Waals surface area contributed by atoms with E-state index in [4.69, 9.17) is 5.26 Å². The molecule has 0 aromatic heterocycles. The fraction of sp³-hybridized carbons (Fsp3) is 0.417. The summed E-state index contributed by atoms with van der Waals surface area (Å²) in [5.41, 5.74) is 0.939. The van der Waals surface area contributed by atoms with E-state index >= 15 is 0 Å². The second-order valence-corrected chi connectivity index (χ2v) is 4.01. The van der Waals surface area contributed by atoms with Gasteiger partial charge in [0.25, 0.3) is 5.69 Å². The Hall–Kier alpha value is -1.93. The van der Waals surface area contributed by atoms with Crippen LogP contribution in [0.3, 0.4) is 0 Å². The second-order valence-electron chi connectivity index (χ2n) is 4.01. The number of nitro groups is 1. The molecule has 1 aromatic carbocycles. The minimum atomic E-state index is -0.409. The van der Waals surface area contributed by atoms with Gasteiger partial charge in [-0.3, -0.25) is 10.1 Å². The number of nitrogens with one attached hydrogen (secondary N) is 1. The van der Waals surface area contributed by atoms with Gasteiger partial charge in [-0.15, -0.1) is 0 Å². The molecule has 0 heterocycles. The summed E-state index contributed by atoms with van der Waals surface area (Å²) >= 11 is 0. The van der Waals surface area contributed by atoms with Gasteiger partial charge >= 0.3 is 0 Å². The number of nitro benzene ring substituents is 1. The molecule has 2 atom stereocenters. The van der Waals surface area contributed by atoms with Crippen LogP contribution in [-0.2, 0) is 0 Å². The molecule has 1 N–H and O–H groups in total. The van der Waals surface area contributed by atoms with Gasteiger partial charge in [-0.05, 0) is 19.4 Å². The first kappa shape index (κ1) is 13.1. The van der Waals surface area contributed by atoms with E-state index < -0.39 is 4.92 Å². The third-order valence-corrected chi connectivity index (χ3v) is 2.53. The van der Waals surface area contributed by atoms with Crippen LogP contribution in [0, 0.1) is 27.4 Å². The molecule has 17 heavy (non-hydrogen) atoms. The fourth-order valence-electron chi connectivity index (χ4n) is 1.42. The summed E-state index contributed by atoms with van der Waals surface area (Å²) < 4.78 is 0. The molecule has 1 rings (SSSR count). The molecule has 0 aliphatic heterocycles. The highest BCUT2D eigenvalue weighted by atomic mass is 16.6. The van der Waals surface area contributed by atoms with Crippen molar-refractivity contribution in [3.8, 4) is 6.07 Å². The van der Waals surface area contributed by atoms with Crippen LogP contribution in [0.2, 0.25) is 0 Å². The highest BCUT2D eigenvalue weighted by Gasteiger charge is 2.11. The summed E-state index contributed by atoms with van der Waals surface area (Å²) in [6.07, 6.45) is 0. The van der Waals surface area contributed by atoms with Gasteiger partial charge in [0.05, 0.1) is 16.9 Å². The average molecular weight is 233 g/mol. The molecule has 0 bridgehead atoms. The van der Waals surface area contributed by atoms with Gasteiger partial charge in [-0.25, -0.2) is 0 Å². The number of nitrogens with zero attached hydrogens (tertiary/aromatic N) is 2. The third-order valence-electron chi connectivity index (χ3n) is 2.53. The molecule has 0 fully saturated rings. The maximum Gasteiger partial charge on any atom is 0.269 e. The lowest BCUT2D eigenvalue weighted by atomic mass is 10.1.